The minimum absolute atomic E-state index is 0.0604. The van der Waals surface area contributed by atoms with Gasteiger partial charge in [-0.1, -0.05) is 0 Å². The van der Waals surface area contributed by atoms with E-state index in [2.05, 4.69) is 30.8 Å². The van der Waals surface area contributed by atoms with Crippen molar-refractivity contribution in [1.82, 2.24) is 25.7 Å². The Hall–Kier alpha value is -3.92. The molecule has 2 aromatic heterocycles. The van der Waals surface area contributed by atoms with Gasteiger partial charge < -0.3 is 14.8 Å². The fourth-order valence-corrected chi connectivity index (χ4v) is 3.08. The van der Waals surface area contributed by atoms with E-state index in [1.807, 2.05) is 6.07 Å². The first-order valence-corrected chi connectivity index (χ1v) is 10.4. The number of ether oxygens (including phenoxy) is 2. The van der Waals surface area contributed by atoms with Crippen molar-refractivity contribution in [2.75, 3.05) is 26.8 Å². The van der Waals surface area contributed by atoms with Crippen molar-refractivity contribution in [2.45, 2.75) is 6.42 Å². The number of hydrogen-bond acceptors (Lipinski definition) is 8. The minimum Gasteiger partial charge on any atom is -0.497 e. The number of carbonyl (C=O) groups excluding carboxylic acids is 1. The SMILES string of the molecule is COc1ccc(F)c(/C=N/NC(=O)c2cncc(-c3ccc(OCCC4CNC4)nc3)n2)c1. The maximum atomic E-state index is 13.8. The molecule has 1 aliphatic rings. The Morgan fingerprint density at radius 2 is 2.15 bits per heavy atom. The largest absolute Gasteiger partial charge is 0.497 e. The molecule has 3 heterocycles. The van der Waals surface area contributed by atoms with Crippen LogP contribution in [0.15, 0.2) is 54.0 Å². The van der Waals surface area contributed by atoms with Gasteiger partial charge in [0, 0.05) is 23.4 Å². The van der Waals surface area contributed by atoms with Crippen LogP contribution in [-0.4, -0.2) is 53.9 Å². The van der Waals surface area contributed by atoms with Gasteiger partial charge in [-0.15, -0.1) is 0 Å². The predicted molar refractivity (Wildman–Crippen MR) is 120 cm³/mol. The van der Waals surface area contributed by atoms with Gasteiger partial charge in [0.25, 0.3) is 5.91 Å². The maximum absolute atomic E-state index is 13.8. The standard InChI is InChI=1S/C23H23FN6O3/c1-32-18-3-4-19(24)17(8-18)12-28-30-23(31)21-14-26-13-20(29-21)16-2-5-22(27-11-16)33-7-6-15-9-25-10-15/h2-5,8,11-15,25H,6-7,9-10H2,1H3,(H,30,31)/b28-12+. The summed E-state index contributed by atoms with van der Waals surface area (Å²) in [6.07, 6.45) is 6.66. The van der Waals surface area contributed by atoms with Crippen molar-refractivity contribution in [3.05, 3.63) is 66.0 Å². The van der Waals surface area contributed by atoms with Crippen molar-refractivity contribution in [1.29, 1.82) is 0 Å². The topological polar surface area (TPSA) is 111 Å². The molecule has 33 heavy (non-hydrogen) atoms. The molecule has 2 N–H and O–H groups in total. The number of nitrogens with one attached hydrogen (secondary N) is 2. The molecule has 9 nitrogen and oxygen atoms in total. The second-order valence-electron chi connectivity index (χ2n) is 7.42. The fraction of sp³-hybridized carbons (Fsp3) is 0.261. The quantitative estimate of drug-likeness (QED) is 0.381. The zero-order valence-electron chi connectivity index (χ0n) is 18.0. The molecule has 1 saturated heterocycles. The Balaban J connectivity index is 1.36. The molecule has 1 aromatic carbocycles. The van der Waals surface area contributed by atoms with Crippen LogP contribution in [0, 0.1) is 11.7 Å². The Kier molecular flexibility index (Phi) is 7.16. The molecule has 0 atom stereocenters. The molecule has 1 fully saturated rings. The van der Waals surface area contributed by atoms with Crippen LogP contribution >= 0.6 is 0 Å². The molecule has 10 heteroatoms. The van der Waals surface area contributed by atoms with Crippen LogP contribution in [0.2, 0.25) is 0 Å². The summed E-state index contributed by atoms with van der Waals surface area (Å²) < 4.78 is 24.6. The summed E-state index contributed by atoms with van der Waals surface area (Å²) in [5.41, 5.74) is 3.72. The third-order valence-electron chi connectivity index (χ3n) is 5.11. The van der Waals surface area contributed by atoms with E-state index in [0.29, 0.717) is 35.4 Å². The highest BCUT2D eigenvalue weighted by atomic mass is 19.1. The first kappa shape index (κ1) is 22.3. The van der Waals surface area contributed by atoms with Crippen LogP contribution in [0.4, 0.5) is 4.39 Å². The molecule has 0 unspecified atom stereocenters. The average Bonchev–Trinajstić information content (AvgIpc) is 2.82. The van der Waals surface area contributed by atoms with Crippen molar-refractivity contribution in [3.63, 3.8) is 0 Å². The van der Waals surface area contributed by atoms with Gasteiger partial charge >= 0.3 is 0 Å². The van der Waals surface area contributed by atoms with E-state index in [0.717, 1.165) is 19.5 Å². The molecule has 1 amide bonds. The smallest absolute Gasteiger partial charge is 0.291 e. The van der Waals surface area contributed by atoms with Gasteiger partial charge in [-0.3, -0.25) is 9.78 Å². The van der Waals surface area contributed by atoms with E-state index < -0.39 is 11.7 Å². The number of benzene rings is 1. The summed E-state index contributed by atoms with van der Waals surface area (Å²) in [5.74, 6) is 0.612. The van der Waals surface area contributed by atoms with E-state index >= 15 is 0 Å². The molecule has 0 spiro atoms. The van der Waals surface area contributed by atoms with E-state index in [4.69, 9.17) is 9.47 Å². The molecule has 0 saturated carbocycles. The van der Waals surface area contributed by atoms with Crippen molar-refractivity contribution < 1.29 is 18.7 Å². The van der Waals surface area contributed by atoms with Crippen LogP contribution in [0.1, 0.15) is 22.5 Å². The normalized spacial score (nSPS) is 13.5. The monoisotopic (exact) mass is 450 g/mol. The fourth-order valence-electron chi connectivity index (χ4n) is 3.08. The van der Waals surface area contributed by atoms with Gasteiger partial charge in [-0.25, -0.2) is 19.8 Å². The third kappa shape index (κ3) is 5.86. The molecule has 3 aromatic rings. The Labute approximate surface area is 190 Å². The first-order chi connectivity index (χ1) is 16.1. The van der Waals surface area contributed by atoms with Gasteiger partial charge in [0.15, 0.2) is 0 Å². The number of aromatic nitrogens is 3. The van der Waals surface area contributed by atoms with Crippen LogP contribution < -0.4 is 20.2 Å². The number of methoxy groups -OCH3 is 1. The van der Waals surface area contributed by atoms with Gasteiger partial charge in [0.2, 0.25) is 5.88 Å². The van der Waals surface area contributed by atoms with E-state index in [1.165, 1.54) is 43.9 Å². The van der Waals surface area contributed by atoms with Gasteiger partial charge in [-0.05, 0) is 49.7 Å². The zero-order chi connectivity index (χ0) is 23.0. The third-order valence-corrected chi connectivity index (χ3v) is 5.11. The van der Waals surface area contributed by atoms with Gasteiger partial charge in [-0.2, -0.15) is 5.10 Å². The summed E-state index contributed by atoms with van der Waals surface area (Å²) >= 11 is 0. The molecule has 4 rings (SSSR count). The molecule has 1 aliphatic heterocycles. The number of halogens is 1. The molecular weight excluding hydrogens is 427 g/mol. The van der Waals surface area contributed by atoms with Gasteiger partial charge in [0.05, 0.1) is 38.0 Å². The summed E-state index contributed by atoms with van der Waals surface area (Å²) in [6, 6.07) is 7.79. The number of rotatable bonds is 9. The van der Waals surface area contributed by atoms with Crippen LogP contribution in [0.25, 0.3) is 11.3 Å². The van der Waals surface area contributed by atoms with E-state index in [1.54, 1.807) is 12.3 Å². The van der Waals surface area contributed by atoms with Crippen LogP contribution in [0.3, 0.4) is 0 Å². The lowest BCUT2D eigenvalue weighted by molar-refractivity contribution is 0.0950. The molecule has 0 aliphatic carbocycles. The average molecular weight is 450 g/mol. The van der Waals surface area contributed by atoms with Crippen molar-refractivity contribution >= 4 is 12.1 Å². The predicted octanol–water partition coefficient (Wildman–Crippen LogP) is 2.44. The van der Waals surface area contributed by atoms with E-state index in [-0.39, 0.29) is 11.3 Å². The van der Waals surface area contributed by atoms with Crippen molar-refractivity contribution in [3.8, 4) is 22.9 Å². The number of hydrazone groups is 1. The Morgan fingerprint density at radius 1 is 1.27 bits per heavy atom. The summed E-state index contributed by atoms with van der Waals surface area (Å²) in [4.78, 5) is 25.1. The van der Waals surface area contributed by atoms with Crippen molar-refractivity contribution in [2.24, 2.45) is 11.0 Å². The highest BCUT2D eigenvalue weighted by molar-refractivity contribution is 5.93. The lowest BCUT2D eigenvalue weighted by atomic mass is 10.0. The second kappa shape index (κ2) is 10.6. The summed E-state index contributed by atoms with van der Waals surface area (Å²) in [7, 11) is 1.48. The Morgan fingerprint density at radius 3 is 2.88 bits per heavy atom. The highest BCUT2D eigenvalue weighted by Crippen LogP contribution is 2.19. The summed E-state index contributed by atoms with van der Waals surface area (Å²) in [5, 5.41) is 7.03. The van der Waals surface area contributed by atoms with Crippen LogP contribution in [-0.2, 0) is 0 Å². The molecule has 0 radical (unpaired) electrons. The van der Waals surface area contributed by atoms with Gasteiger partial charge in [0.1, 0.15) is 17.3 Å². The first-order valence-electron chi connectivity index (χ1n) is 10.4. The highest BCUT2D eigenvalue weighted by Gasteiger charge is 2.16. The summed E-state index contributed by atoms with van der Waals surface area (Å²) in [6.45, 7) is 2.71. The Bertz CT molecular complexity index is 1140. The number of pyridine rings is 1. The molecular formula is C23H23FN6O3. The zero-order valence-corrected chi connectivity index (χ0v) is 18.0. The lowest BCUT2D eigenvalue weighted by Gasteiger charge is -2.26. The lowest BCUT2D eigenvalue weighted by Crippen LogP contribution is -2.42. The maximum Gasteiger partial charge on any atom is 0.291 e. The van der Waals surface area contributed by atoms with Crippen LogP contribution in [0.5, 0.6) is 11.6 Å². The molecule has 170 valence electrons. The van der Waals surface area contributed by atoms with E-state index in [9.17, 15) is 9.18 Å². The second-order valence-corrected chi connectivity index (χ2v) is 7.42. The number of nitrogens with zero attached hydrogens (tertiary/aromatic N) is 4. The number of amides is 1. The minimum atomic E-state index is -0.581. The number of hydrogen-bond donors (Lipinski definition) is 2. The molecule has 0 bridgehead atoms. The number of carbonyl (C=O) groups is 1.